The molecule has 1 aromatic heterocycles. The summed E-state index contributed by atoms with van der Waals surface area (Å²) in [6.07, 6.45) is 3.88. The molecule has 2 aliphatic rings. The Morgan fingerprint density at radius 1 is 1.09 bits per heavy atom. The number of fused-ring (bicyclic) bond motifs is 6. The highest BCUT2D eigenvalue weighted by atomic mass is 79.9. The van der Waals surface area contributed by atoms with Crippen LogP contribution in [0.3, 0.4) is 0 Å². The van der Waals surface area contributed by atoms with E-state index in [1.165, 1.54) is 22.0 Å². The summed E-state index contributed by atoms with van der Waals surface area (Å²) < 4.78 is 6.80. The van der Waals surface area contributed by atoms with Gasteiger partial charge < -0.3 is 4.42 Å². The zero-order valence-electron chi connectivity index (χ0n) is 11.8. The summed E-state index contributed by atoms with van der Waals surface area (Å²) in [5, 5.41) is 4.51. The SMILES string of the molecule is Brc1cc2c(c3ccccc13)N1O[C@@H](C2)C[C@H]1c1ccco1. The molecule has 1 fully saturated rings. The third-order valence-corrected chi connectivity index (χ3v) is 5.27. The first kappa shape index (κ1) is 12.7. The van der Waals surface area contributed by atoms with Crippen molar-refractivity contribution in [2.24, 2.45) is 0 Å². The monoisotopic (exact) mass is 355 g/mol. The van der Waals surface area contributed by atoms with Crippen molar-refractivity contribution in [2.75, 3.05) is 5.06 Å². The average molecular weight is 356 g/mol. The van der Waals surface area contributed by atoms with Gasteiger partial charge in [-0.1, -0.05) is 40.2 Å². The molecule has 22 heavy (non-hydrogen) atoms. The third-order valence-electron chi connectivity index (χ3n) is 4.62. The first-order valence-electron chi connectivity index (χ1n) is 7.51. The quantitative estimate of drug-likeness (QED) is 0.613. The van der Waals surface area contributed by atoms with E-state index in [2.05, 4.69) is 51.3 Å². The fourth-order valence-electron chi connectivity index (χ4n) is 3.69. The van der Waals surface area contributed by atoms with E-state index in [0.717, 1.165) is 23.1 Å². The maximum Gasteiger partial charge on any atom is 0.128 e. The lowest BCUT2D eigenvalue weighted by molar-refractivity contribution is 0.0731. The van der Waals surface area contributed by atoms with Crippen LogP contribution in [-0.2, 0) is 11.3 Å². The number of hydrogen-bond donors (Lipinski definition) is 0. The molecule has 2 aromatic carbocycles. The maximum absolute atomic E-state index is 6.17. The van der Waals surface area contributed by atoms with Crippen LogP contribution >= 0.6 is 15.9 Å². The fraction of sp³-hybridized carbons (Fsp3) is 0.222. The summed E-state index contributed by atoms with van der Waals surface area (Å²) in [7, 11) is 0. The van der Waals surface area contributed by atoms with E-state index in [1.807, 2.05) is 12.1 Å². The topological polar surface area (TPSA) is 25.6 Å². The molecular weight excluding hydrogens is 342 g/mol. The summed E-state index contributed by atoms with van der Waals surface area (Å²) in [6.45, 7) is 0. The Morgan fingerprint density at radius 3 is 2.77 bits per heavy atom. The number of benzene rings is 2. The molecule has 2 aliphatic heterocycles. The molecule has 110 valence electrons. The van der Waals surface area contributed by atoms with Crippen LogP contribution < -0.4 is 5.06 Å². The number of anilines is 1. The maximum atomic E-state index is 6.17. The van der Waals surface area contributed by atoms with Crippen molar-refractivity contribution in [3.8, 4) is 0 Å². The van der Waals surface area contributed by atoms with Crippen LogP contribution in [0.5, 0.6) is 0 Å². The molecule has 3 aromatic rings. The molecule has 0 aliphatic carbocycles. The highest BCUT2D eigenvalue weighted by Crippen LogP contribution is 2.49. The molecule has 0 N–H and O–H groups in total. The van der Waals surface area contributed by atoms with Crippen LogP contribution in [0.1, 0.15) is 23.8 Å². The van der Waals surface area contributed by atoms with Gasteiger partial charge in [0.25, 0.3) is 0 Å². The van der Waals surface area contributed by atoms with Crippen LogP contribution in [-0.4, -0.2) is 6.10 Å². The Bertz CT molecular complexity index is 859. The number of halogens is 1. The number of hydroxylamine groups is 1. The highest BCUT2D eigenvalue weighted by Gasteiger charge is 2.42. The van der Waals surface area contributed by atoms with Gasteiger partial charge in [-0.05, 0) is 29.1 Å². The van der Waals surface area contributed by atoms with Crippen LogP contribution in [0.4, 0.5) is 5.69 Å². The van der Waals surface area contributed by atoms with Gasteiger partial charge in [-0.15, -0.1) is 0 Å². The molecular formula is C18H14BrNO2. The molecule has 3 heterocycles. The second-order valence-electron chi connectivity index (χ2n) is 5.94. The van der Waals surface area contributed by atoms with Crippen LogP contribution in [0, 0.1) is 0 Å². The first-order chi connectivity index (χ1) is 10.8. The van der Waals surface area contributed by atoms with Crippen molar-refractivity contribution < 1.29 is 9.25 Å². The Kier molecular flexibility index (Phi) is 2.67. The fourth-order valence-corrected chi connectivity index (χ4v) is 4.32. The predicted octanol–water partition coefficient (Wildman–Crippen LogP) is 5.00. The van der Waals surface area contributed by atoms with E-state index in [4.69, 9.17) is 9.25 Å². The smallest absolute Gasteiger partial charge is 0.128 e. The zero-order chi connectivity index (χ0) is 14.7. The molecule has 3 nitrogen and oxygen atoms in total. The van der Waals surface area contributed by atoms with Gasteiger partial charge in [-0.25, -0.2) is 5.06 Å². The average Bonchev–Trinajstić information content (AvgIpc) is 3.16. The molecule has 0 spiro atoms. The Morgan fingerprint density at radius 2 is 1.95 bits per heavy atom. The summed E-state index contributed by atoms with van der Waals surface area (Å²) in [6, 6.07) is 14.8. The predicted molar refractivity (Wildman–Crippen MR) is 88.8 cm³/mol. The highest BCUT2D eigenvalue weighted by molar-refractivity contribution is 9.10. The number of furan rings is 1. The van der Waals surface area contributed by atoms with Gasteiger partial charge in [-0.3, -0.25) is 4.84 Å². The lowest BCUT2D eigenvalue weighted by atomic mass is 9.99. The van der Waals surface area contributed by atoms with E-state index in [-0.39, 0.29) is 12.1 Å². The van der Waals surface area contributed by atoms with Crippen molar-refractivity contribution >= 4 is 32.4 Å². The van der Waals surface area contributed by atoms with Gasteiger partial charge in [0.2, 0.25) is 0 Å². The van der Waals surface area contributed by atoms with E-state index in [0.29, 0.717) is 0 Å². The van der Waals surface area contributed by atoms with Gasteiger partial charge in [-0.2, -0.15) is 0 Å². The van der Waals surface area contributed by atoms with Gasteiger partial charge in [0.15, 0.2) is 0 Å². The minimum atomic E-state index is 0.158. The minimum Gasteiger partial charge on any atom is -0.467 e. The third kappa shape index (κ3) is 1.71. The van der Waals surface area contributed by atoms with Crippen LogP contribution in [0.25, 0.3) is 10.8 Å². The number of rotatable bonds is 1. The van der Waals surface area contributed by atoms with Crippen molar-refractivity contribution in [2.45, 2.75) is 25.0 Å². The lowest BCUT2D eigenvalue weighted by Crippen LogP contribution is -2.27. The number of nitrogens with zero attached hydrogens (tertiary/aromatic N) is 1. The van der Waals surface area contributed by atoms with Gasteiger partial charge >= 0.3 is 0 Å². The van der Waals surface area contributed by atoms with E-state index in [9.17, 15) is 0 Å². The second kappa shape index (κ2) is 4.61. The Labute approximate surface area is 136 Å². The molecule has 1 saturated heterocycles. The van der Waals surface area contributed by atoms with Crippen LogP contribution in [0.2, 0.25) is 0 Å². The Hall–Kier alpha value is -1.78. The number of hydrogen-bond acceptors (Lipinski definition) is 3. The summed E-state index contributed by atoms with van der Waals surface area (Å²) in [4.78, 5) is 6.17. The van der Waals surface area contributed by atoms with Crippen LogP contribution in [0.15, 0.2) is 57.6 Å². The molecule has 2 bridgehead atoms. The van der Waals surface area contributed by atoms with Crippen molar-refractivity contribution in [1.29, 1.82) is 0 Å². The largest absolute Gasteiger partial charge is 0.467 e. The molecule has 0 radical (unpaired) electrons. The first-order valence-corrected chi connectivity index (χ1v) is 8.30. The summed E-state index contributed by atoms with van der Waals surface area (Å²) in [5.74, 6) is 0.974. The van der Waals surface area contributed by atoms with Crippen molar-refractivity contribution in [1.82, 2.24) is 0 Å². The standard InChI is InChI=1S/C18H14BrNO2/c19-15-9-11-8-12-10-16(17-6-3-7-21-17)20(22-12)18(11)14-5-2-1-4-13(14)15/h1-7,9,12,16H,8,10H2/t12-,16-/m0/s1. The molecule has 0 saturated carbocycles. The zero-order valence-corrected chi connectivity index (χ0v) is 13.4. The molecule has 4 heteroatoms. The van der Waals surface area contributed by atoms with Crippen molar-refractivity contribution in [3.63, 3.8) is 0 Å². The minimum absolute atomic E-state index is 0.158. The molecule has 2 atom stereocenters. The normalized spacial score (nSPS) is 23.0. The van der Waals surface area contributed by atoms with E-state index < -0.39 is 0 Å². The molecule has 5 rings (SSSR count). The van der Waals surface area contributed by atoms with Crippen molar-refractivity contribution in [3.05, 3.63) is 64.5 Å². The van der Waals surface area contributed by atoms with E-state index in [1.54, 1.807) is 6.26 Å². The second-order valence-corrected chi connectivity index (χ2v) is 6.79. The molecule has 0 amide bonds. The van der Waals surface area contributed by atoms with Gasteiger partial charge in [0.05, 0.1) is 18.1 Å². The van der Waals surface area contributed by atoms with Gasteiger partial charge in [0, 0.05) is 22.7 Å². The summed E-state index contributed by atoms with van der Waals surface area (Å²) in [5.41, 5.74) is 2.53. The Balaban J connectivity index is 1.76. The van der Waals surface area contributed by atoms with E-state index >= 15 is 0 Å². The summed E-state index contributed by atoms with van der Waals surface area (Å²) >= 11 is 3.71. The molecule has 0 unspecified atom stereocenters. The lowest BCUT2D eigenvalue weighted by Gasteiger charge is -2.31. The van der Waals surface area contributed by atoms with Gasteiger partial charge in [0.1, 0.15) is 11.8 Å².